The standard InChI is InChI=1S/C7H14N2O4/c1-4(8)2-6(11)9-5(3-10)7(12)13/h4-5,10H,2-3,8H2,1H3,(H,9,11)(H,12,13)/t4?,5-/m0/s1. The van der Waals surface area contributed by atoms with Gasteiger partial charge in [-0.3, -0.25) is 4.79 Å². The number of rotatable bonds is 5. The van der Waals surface area contributed by atoms with E-state index in [1.165, 1.54) is 0 Å². The van der Waals surface area contributed by atoms with Crippen LogP contribution in [0.25, 0.3) is 0 Å². The summed E-state index contributed by atoms with van der Waals surface area (Å²) in [5, 5.41) is 19.1. The lowest BCUT2D eigenvalue weighted by atomic mass is 10.2. The highest BCUT2D eigenvalue weighted by molar-refractivity contribution is 5.83. The zero-order chi connectivity index (χ0) is 10.4. The van der Waals surface area contributed by atoms with Gasteiger partial charge >= 0.3 is 5.97 Å². The first-order chi connectivity index (χ1) is 5.97. The Bertz CT molecular complexity index is 193. The van der Waals surface area contributed by atoms with E-state index in [0.717, 1.165) is 0 Å². The van der Waals surface area contributed by atoms with Gasteiger partial charge in [0, 0.05) is 12.5 Å². The average molecular weight is 190 g/mol. The lowest BCUT2D eigenvalue weighted by Crippen LogP contribution is -2.44. The van der Waals surface area contributed by atoms with Gasteiger partial charge in [-0.1, -0.05) is 0 Å². The summed E-state index contributed by atoms with van der Waals surface area (Å²) in [6, 6.07) is -1.57. The van der Waals surface area contributed by atoms with Crippen molar-refractivity contribution in [1.82, 2.24) is 5.32 Å². The smallest absolute Gasteiger partial charge is 0.328 e. The van der Waals surface area contributed by atoms with Crippen LogP contribution in [0.1, 0.15) is 13.3 Å². The molecule has 0 aliphatic carbocycles. The summed E-state index contributed by atoms with van der Waals surface area (Å²) in [6.45, 7) is 1.01. The first-order valence-corrected chi connectivity index (χ1v) is 3.86. The molecule has 6 heteroatoms. The molecule has 5 N–H and O–H groups in total. The van der Waals surface area contributed by atoms with Crippen LogP contribution in [0.5, 0.6) is 0 Å². The molecule has 13 heavy (non-hydrogen) atoms. The van der Waals surface area contributed by atoms with Crippen LogP contribution in [0.3, 0.4) is 0 Å². The zero-order valence-electron chi connectivity index (χ0n) is 7.36. The summed E-state index contributed by atoms with van der Waals surface area (Å²) in [6.07, 6.45) is 0.0454. The van der Waals surface area contributed by atoms with Crippen LogP contribution in [0, 0.1) is 0 Å². The minimum atomic E-state index is -1.26. The Morgan fingerprint density at radius 2 is 2.08 bits per heavy atom. The molecule has 0 rings (SSSR count). The molecule has 0 aliphatic heterocycles. The third-order valence-corrected chi connectivity index (χ3v) is 1.32. The number of nitrogens with one attached hydrogen (secondary N) is 1. The average Bonchev–Trinajstić information content (AvgIpc) is 1.98. The summed E-state index contributed by atoms with van der Waals surface area (Å²) in [5.74, 6) is -1.74. The van der Waals surface area contributed by atoms with E-state index in [9.17, 15) is 9.59 Å². The molecule has 0 radical (unpaired) electrons. The van der Waals surface area contributed by atoms with Crippen molar-refractivity contribution in [3.05, 3.63) is 0 Å². The predicted molar refractivity (Wildman–Crippen MR) is 44.9 cm³/mol. The number of carbonyl (C=O) groups excluding carboxylic acids is 1. The molecule has 0 aromatic rings. The number of hydrogen-bond donors (Lipinski definition) is 4. The summed E-state index contributed by atoms with van der Waals surface area (Å²) in [5.41, 5.74) is 5.32. The second kappa shape index (κ2) is 5.50. The van der Waals surface area contributed by atoms with Gasteiger partial charge in [0.1, 0.15) is 6.04 Å². The van der Waals surface area contributed by atoms with Crippen molar-refractivity contribution in [1.29, 1.82) is 0 Å². The van der Waals surface area contributed by atoms with Crippen molar-refractivity contribution in [2.45, 2.75) is 25.4 Å². The molecule has 0 aromatic heterocycles. The highest BCUT2D eigenvalue weighted by atomic mass is 16.4. The third-order valence-electron chi connectivity index (χ3n) is 1.32. The van der Waals surface area contributed by atoms with Gasteiger partial charge in [0.25, 0.3) is 0 Å². The highest BCUT2D eigenvalue weighted by Gasteiger charge is 2.18. The Kier molecular flexibility index (Phi) is 5.01. The van der Waals surface area contributed by atoms with E-state index >= 15 is 0 Å². The highest BCUT2D eigenvalue weighted by Crippen LogP contribution is 1.89. The van der Waals surface area contributed by atoms with Gasteiger partial charge in [-0.25, -0.2) is 4.79 Å². The number of hydrogen-bond acceptors (Lipinski definition) is 4. The fraction of sp³-hybridized carbons (Fsp3) is 0.714. The molecule has 1 amide bonds. The van der Waals surface area contributed by atoms with Gasteiger partial charge in [-0.05, 0) is 6.92 Å². The molecule has 2 atom stereocenters. The number of carbonyl (C=O) groups is 2. The minimum absolute atomic E-state index is 0.0454. The van der Waals surface area contributed by atoms with E-state index in [-0.39, 0.29) is 12.5 Å². The fourth-order valence-electron chi connectivity index (χ4n) is 0.731. The van der Waals surface area contributed by atoms with Crippen molar-refractivity contribution in [3.63, 3.8) is 0 Å². The molecule has 0 saturated heterocycles. The number of aliphatic carboxylic acids is 1. The Labute approximate surface area is 75.7 Å². The predicted octanol–water partition coefficient (Wildman–Crippen LogP) is -1.71. The number of carboxylic acids is 1. The van der Waals surface area contributed by atoms with Crippen LogP contribution in [0.15, 0.2) is 0 Å². The fourth-order valence-corrected chi connectivity index (χ4v) is 0.731. The topological polar surface area (TPSA) is 113 Å². The van der Waals surface area contributed by atoms with E-state index in [2.05, 4.69) is 5.32 Å². The van der Waals surface area contributed by atoms with Crippen LogP contribution in [-0.2, 0) is 9.59 Å². The monoisotopic (exact) mass is 190 g/mol. The van der Waals surface area contributed by atoms with Gasteiger partial charge in [-0.15, -0.1) is 0 Å². The van der Waals surface area contributed by atoms with Crippen LogP contribution >= 0.6 is 0 Å². The van der Waals surface area contributed by atoms with Crippen LogP contribution < -0.4 is 11.1 Å². The van der Waals surface area contributed by atoms with Gasteiger partial charge in [0.2, 0.25) is 5.91 Å². The number of carboxylic acid groups (broad SMARTS) is 1. The number of aliphatic hydroxyl groups excluding tert-OH is 1. The van der Waals surface area contributed by atoms with E-state index in [1.54, 1.807) is 6.92 Å². The molecule has 0 spiro atoms. The van der Waals surface area contributed by atoms with Crippen molar-refractivity contribution in [2.75, 3.05) is 6.61 Å². The lowest BCUT2D eigenvalue weighted by molar-refractivity contribution is -0.143. The minimum Gasteiger partial charge on any atom is -0.480 e. The van der Waals surface area contributed by atoms with Crippen LogP contribution in [0.4, 0.5) is 0 Å². The number of aliphatic hydroxyl groups is 1. The molecular formula is C7H14N2O4. The summed E-state index contributed by atoms with van der Waals surface area (Å²) in [4.78, 5) is 21.3. The van der Waals surface area contributed by atoms with Crippen LogP contribution in [-0.4, -0.2) is 40.8 Å². The molecule has 0 fully saturated rings. The van der Waals surface area contributed by atoms with Crippen molar-refractivity contribution in [3.8, 4) is 0 Å². The number of nitrogens with two attached hydrogens (primary N) is 1. The number of amides is 1. The van der Waals surface area contributed by atoms with Crippen LogP contribution in [0.2, 0.25) is 0 Å². The largest absolute Gasteiger partial charge is 0.480 e. The Morgan fingerprint density at radius 1 is 1.54 bits per heavy atom. The first kappa shape index (κ1) is 11.9. The second-order valence-electron chi connectivity index (χ2n) is 2.82. The molecule has 76 valence electrons. The lowest BCUT2D eigenvalue weighted by Gasteiger charge is -2.12. The maximum Gasteiger partial charge on any atom is 0.328 e. The zero-order valence-corrected chi connectivity index (χ0v) is 7.36. The van der Waals surface area contributed by atoms with E-state index in [1.807, 2.05) is 0 Å². The molecule has 0 aliphatic rings. The van der Waals surface area contributed by atoms with Crippen molar-refractivity contribution < 1.29 is 19.8 Å². The van der Waals surface area contributed by atoms with Gasteiger partial charge < -0.3 is 21.3 Å². The summed E-state index contributed by atoms with van der Waals surface area (Å²) in [7, 11) is 0. The van der Waals surface area contributed by atoms with Gasteiger partial charge in [0.05, 0.1) is 6.61 Å². The molecule has 0 saturated carbocycles. The SMILES string of the molecule is CC(N)CC(=O)N[C@@H](CO)C(=O)O. The first-order valence-electron chi connectivity index (χ1n) is 3.86. The van der Waals surface area contributed by atoms with Gasteiger partial charge in [0.15, 0.2) is 0 Å². The Morgan fingerprint density at radius 3 is 2.38 bits per heavy atom. The van der Waals surface area contributed by atoms with Gasteiger partial charge in [-0.2, -0.15) is 0 Å². The second-order valence-corrected chi connectivity index (χ2v) is 2.82. The molecule has 6 nitrogen and oxygen atoms in total. The molecule has 0 bridgehead atoms. The maximum atomic E-state index is 11.0. The Hall–Kier alpha value is -1.14. The van der Waals surface area contributed by atoms with Crippen molar-refractivity contribution >= 4 is 11.9 Å². The molecular weight excluding hydrogens is 176 g/mol. The van der Waals surface area contributed by atoms with E-state index in [0.29, 0.717) is 0 Å². The summed E-state index contributed by atoms with van der Waals surface area (Å²) >= 11 is 0. The van der Waals surface area contributed by atoms with E-state index < -0.39 is 24.5 Å². The third kappa shape index (κ3) is 5.15. The normalized spacial score (nSPS) is 14.7. The summed E-state index contributed by atoms with van der Waals surface area (Å²) < 4.78 is 0. The molecule has 0 aromatic carbocycles. The van der Waals surface area contributed by atoms with Crippen molar-refractivity contribution in [2.24, 2.45) is 5.73 Å². The molecule has 1 unspecified atom stereocenters. The molecule has 0 heterocycles. The quantitative estimate of drug-likeness (QED) is 0.412. The van der Waals surface area contributed by atoms with E-state index in [4.69, 9.17) is 15.9 Å². The maximum absolute atomic E-state index is 11.0. The Balaban J connectivity index is 3.94.